The highest BCUT2D eigenvalue weighted by atomic mass is 16.1. The molecule has 0 bridgehead atoms. The largest absolute Gasteiger partial charge is 0.368 e. The Bertz CT molecular complexity index is 376. The van der Waals surface area contributed by atoms with Crippen LogP contribution < -0.4 is 16.4 Å². The first-order chi connectivity index (χ1) is 7.77. The summed E-state index contributed by atoms with van der Waals surface area (Å²) >= 11 is 0. The molecule has 0 atom stereocenters. The zero-order chi connectivity index (χ0) is 11.4. The Morgan fingerprint density at radius 3 is 3.00 bits per heavy atom. The zero-order valence-electron chi connectivity index (χ0n) is 9.07. The summed E-state index contributed by atoms with van der Waals surface area (Å²) in [5.74, 6) is 0.110. The summed E-state index contributed by atoms with van der Waals surface area (Å²) < 4.78 is 0. The molecular weight excluding hydrogens is 204 g/mol. The standard InChI is InChI=1S/C11H16N4O/c12-10(16)9-2-1-5-14-11(9)15-7-6-13-8-3-4-8/h1-2,5,8,13H,3-4,6-7H2,(H2,12,16)(H,14,15). The predicted octanol–water partition coefficient (Wildman–Crippen LogP) is 0.344. The number of anilines is 1. The van der Waals surface area contributed by atoms with Gasteiger partial charge in [-0.1, -0.05) is 0 Å². The summed E-state index contributed by atoms with van der Waals surface area (Å²) in [4.78, 5) is 15.2. The maximum absolute atomic E-state index is 11.1. The highest BCUT2D eigenvalue weighted by Crippen LogP contribution is 2.18. The van der Waals surface area contributed by atoms with Crippen LogP contribution in [0.4, 0.5) is 5.82 Å². The molecular formula is C11H16N4O. The van der Waals surface area contributed by atoms with Crippen molar-refractivity contribution in [2.45, 2.75) is 18.9 Å². The van der Waals surface area contributed by atoms with Crippen LogP contribution in [-0.4, -0.2) is 30.0 Å². The van der Waals surface area contributed by atoms with E-state index >= 15 is 0 Å². The molecule has 4 N–H and O–H groups in total. The van der Waals surface area contributed by atoms with E-state index in [-0.39, 0.29) is 0 Å². The van der Waals surface area contributed by atoms with Crippen LogP contribution in [0.2, 0.25) is 0 Å². The molecule has 0 saturated heterocycles. The monoisotopic (exact) mass is 220 g/mol. The Morgan fingerprint density at radius 2 is 2.31 bits per heavy atom. The molecule has 1 aliphatic rings. The van der Waals surface area contributed by atoms with Gasteiger partial charge in [-0.25, -0.2) is 4.98 Å². The number of rotatable bonds is 6. The van der Waals surface area contributed by atoms with Gasteiger partial charge in [-0.3, -0.25) is 4.79 Å². The minimum atomic E-state index is -0.453. The summed E-state index contributed by atoms with van der Waals surface area (Å²) in [6.45, 7) is 1.62. The van der Waals surface area contributed by atoms with E-state index in [9.17, 15) is 4.79 Å². The molecule has 0 unspecified atom stereocenters. The molecule has 1 aromatic rings. The van der Waals surface area contributed by atoms with Crippen LogP contribution in [0.5, 0.6) is 0 Å². The van der Waals surface area contributed by atoms with Crippen molar-refractivity contribution in [3.8, 4) is 0 Å². The van der Waals surface area contributed by atoms with E-state index in [1.54, 1.807) is 18.3 Å². The Hall–Kier alpha value is -1.62. The zero-order valence-corrected chi connectivity index (χ0v) is 9.07. The van der Waals surface area contributed by atoms with Crippen molar-refractivity contribution in [3.63, 3.8) is 0 Å². The quantitative estimate of drug-likeness (QED) is 0.604. The first-order valence-corrected chi connectivity index (χ1v) is 5.49. The lowest BCUT2D eigenvalue weighted by Gasteiger charge is -2.08. The van der Waals surface area contributed by atoms with E-state index in [1.807, 2.05) is 0 Å². The van der Waals surface area contributed by atoms with Gasteiger partial charge in [-0.05, 0) is 25.0 Å². The van der Waals surface area contributed by atoms with Crippen molar-refractivity contribution in [1.82, 2.24) is 10.3 Å². The van der Waals surface area contributed by atoms with Gasteiger partial charge in [0.15, 0.2) is 0 Å². The number of pyridine rings is 1. The number of aromatic nitrogens is 1. The van der Waals surface area contributed by atoms with Crippen molar-refractivity contribution in [3.05, 3.63) is 23.9 Å². The molecule has 1 amide bonds. The van der Waals surface area contributed by atoms with Crippen molar-refractivity contribution in [2.24, 2.45) is 5.73 Å². The number of nitrogens with one attached hydrogen (secondary N) is 2. The maximum Gasteiger partial charge on any atom is 0.252 e. The van der Waals surface area contributed by atoms with Crippen LogP contribution in [0.25, 0.3) is 0 Å². The molecule has 1 heterocycles. The van der Waals surface area contributed by atoms with E-state index in [2.05, 4.69) is 15.6 Å². The summed E-state index contributed by atoms with van der Waals surface area (Å²) in [6.07, 6.45) is 4.19. The molecule has 0 aromatic carbocycles. The number of carbonyl (C=O) groups excluding carboxylic acids is 1. The fourth-order valence-electron chi connectivity index (χ4n) is 1.49. The molecule has 1 aliphatic carbocycles. The number of nitrogens with two attached hydrogens (primary N) is 1. The molecule has 2 rings (SSSR count). The summed E-state index contributed by atoms with van der Waals surface area (Å²) in [5, 5.41) is 6.47. The lowest BCUT2D eigenvalue weighted by Crippen LogP contribution is -2.25. The Morgan fingerprint density at radius 1 is 1.50 bits per heavy atom. The van der Waals surface area contributed by atoms with E-state index in [0.29, 0.717) is 17.4 Å². The lowest BCUT2D eigenvalue weighted by molar-refractivity contribution is 0.100. The molecule has 0 radical (unpaired) electrons. The first-order valence-electron chi connectivity index (χ1n) is 5.49. The minimum Gasteiger partial charge on any atom is -0.368 e. The van der Waals surface area contributed by atoms with E-state index in [1.165, 1.54) is 12.8 Å². The van der Waals surface area contributed by atoms with Crippen LogP contribution in [0.1, 0.15) is 23.2 Å². The lowest BCUT2D eigenvalue weighted by atomic mass is 10.2. The number of hydrogen-bond acceptors (Lipinski definition) is 4. The smallest absolute Gasteiger partial charge is 0.252 e. The SMILES string of the molecule is NC(=O)c1cccnc1NCCNC1CC1. The highest BCUT2D eigenvalue weighted by Gasteiger charge is 2.19. The second-order valence-electron chi connectivity index (χ2n) is 3.92. The van der Waals surface area contributed by atoms with Crippen LogP contribution in [0.3, 0.4) is 0 Å². The van der Waals surface area contributed by atoms with Crippen LogP contribution >= 0.6 is 0 Å². The van der Waals surface area contributed by atoms with Crippen molar-refractivity contribution < 1.29 is 4.79 Å². The Kier molecular flexibility index (Phi) is 3.36. The third-order valence-electron chi connectivity index (χ3n) is 2.50. The third kappa shape index (κ3) is 2.93. The van der Waals surface area contributed by atoms with Gasteiger partial charge >= 0.3 is 0 Å². The summed E-state index contributed by atoms with van der Waals surface area (Å²) in [5.41, 5.74) is 5.68. The number of nitrogens with zero attached hydrogens (tertiary/aromatic N) is 1. The van der Waals surface area contributed by atoms with E-state index in [4.69, 9.17) is 5.73 Å². The Labute approximate surface area is 94.4 Å². The van der Waals surface area contributed by atoms with Crippen LogP contribution in [-0.2, 0) is 0 Å². The second-order valence-corrected chi connectivity index (χ2v) is 3.92. The van der Waals surface area contributed by atoms with Crippen LogP contribution in [0.15, 0.2) is 18.3 Å². The molecule has 0 aliphatic heterocycles. The molecule has 1 fully saturated rings. The van der Waals surface area contributed by atoms with E-state index in [0.717, 1.165) is 13.1 Å². The fraction of sp³-hybridized carbons (Fsp3) is 0.455. The van der Waals surface area contributed by atoms with Gasteiger partial charge in [0.25, 0.3) is 5.91 Å². The average molecular weight is 220 g/mol. The minimum absolute atomic E-state index is 0.439. The number of primary amides is 1. The molecule has 16 heavy (non-hydrogen) atoms. The number of amides is 1. The van der Waals surface area contributed by atoms with Crippen molar-refractivity contribution in [1.29, 1.82) is 0 Å². The normalized spacial score (nSPS) is 14.8. The van der Waals surface area contributed by atoms with E-state index < -0.39 is 5.91 Å². The number of hydrogen-bond donors (Lipinski definition) is 3. The molecule has 0 spiro atoms. The number of carbonyl (C=O) groups is 1. The molecule has 1 saturated carbocycles. The second kappa shape index (κ2) is 4.94. The van der Waals surface area contributed by atoms with Gasteiger partial charge in [0.05, 0.1) is 5.56 Å². The highest BCUT2D eigenvalue weighted by molar-refractivity contribution is 5.97. The average Bonchev–Trinajstić information content (AvgIpc) is 3.08. The summed E-state index contributed by atoms with van der Waals surface area (Å²) in [6, 6.07) is 4.07. The molecule has 1 aromatic heterocycles. The fourth-order valence-corrected chi connectivity index (χ4v) is 1.49. The van der Waals surface area contributed by atoms with Gasteiger partial charge in [-0.2, -0.15) is 0 Å². The topological polar surface area (TPSA) is 80.0 Å². The predicted molar refractivity (Wildman–Crippen MR) is 62.3 cm³/mol. The first kappa shape index (κ1) is 10.9. The molecule has 86 valence electrons. The van der Waals surface area contributed by atoms with Gasteiger partial charge < -0.3 is 16.4 Å². The van der Waals surface area contributed by atoms with Crippen LogP contribution in [0, 0.1) is 0 Å². The van der Waals surface area contributed by atoms with Gasteiger partial charge in [0.2, 0.25) is 0 Å². The summed E-state index contributed by atoms with van der Waals surface area (Å²) in [7, 11) is 0. The van der Waals surface area contributed by atoms with Gasteiger partial charge in [0.1, 0.15) is 5.82 Å². The Balaban J connectivity index is 1.84. The molecule has 5 nitrogen and oxygen atoms in total. The van der Waals surface area contributed by atoms with Gasteiger partial charge in [-0.15, -0.1) is 0 Å². The molecule has 5 heteroatoms. The van der Waals surface area contributed by atoms with Crippen molar-refractivity contribution in [2.75, 3.05) is 18.4 Å². The third-order valence-corrected chi connectivity index (χ3v) is 2.50. The van der Waals surface area contributed by atoms with Crippen molar-refractivity contribution >= 4 is 11.7 Å². The van der Waals surface area contributed by atoms with Gasteiger partial charge in [0, 0.05) is 25.3 Å². The maximum atomic E-state index is 11.1.